The highest BCUT2D eigenvalue weighted by Gasteiger charge is 2.30. The van der Waals surface area contributed by atoms with Gasteiger partial charge in [0.2, 0.25) is 0 Å². The monoisotopic (exact) mass is 293 g/mol. The molecule has 0 saturated carbocycles. The van der Waals surface area contributed by atoms with Crippen LogP contribution < -0.4 is 0 Å². The third-order valence-electron chi connectivity index (χ3n) is 3.60. The number of ether oxygens (including phenoxy) is 1. The van der Waals surface area contributed by atoms with Gasteiger partial charge in [-0.1, -0.05) is 5.21 Å². The van der Waals surface area contributed by atoms with Crippen molar-refractivity contribution >= 4 is 11.3 Å². The number of methoxy groups -OCH3 is 1. The average Bonchev–Trinajstić information content (AvgIpc) is 2.97. The van der Waals surface area contributed by atoms with Gasteiger partial charge in [-0.3, -0.25) is 9.58 Å². The predicted octanol–water partition coefficient (Wildman–Crippen LogP) is 1.33. The summed E-state index contributed by atoms with van der Waals surface area (Å²) >= 11 is 1.70. The molecule has 3 rings (SSSR count). The van der Waals surface area contributed by atoms with Crippen molar-refractivity contribution in [3.8, 4) is 0 Å². The molecule has 0 spiro atoms. The summed E-state index contributed by atoms with van der Waals surface area (Å²) in [5.74, 6) is 0.323. The van der Waals surface area contributed by atoms with Crippen molar-refractivity contribution in [3.05, 3.63) is 27.5 Å². The van der Waals surface area contributed by atoms with Crippen molar-refractivity contribution in [1.29, 1.82) is 0 Å². The lowest BCUT2D eigenvalue weighted by molar-refractivity contribution is 0.131. The summed E-state index contributed by atoms with van der Waals surface area (Å²) in [5, 5.41) is 11.7. The summed E-state index contributed by atoms with van der Waals surface area (Å²) in [4.78, 5) is 6.91. The van der Waals surface area contributed by atoms with E-state index in [1.54, 1.807) is 18.4 Å². The van der Waals surface area contributed by atoms with Crippen LogP contribution in [0.5, 0.6) is 0 Å². The van der Waals surface area contributed by atoms with Gasteiger partial charge in [0, 0.05) is 45.1 Å². The Morgan fingerprint density at radius 2 is 2.35 bits per heavy atom. The lowest BCUT2D eigenvalue weighted by Gasteiger charge is -2.31. The van der Waals surface area contributed by atoms with Crippen LogP contribution >= 0.6 is 11.3 Å². The predicted molar refractivity (Wildman–Crippen MR) is 76.6 cm³/mol. The molecule has 0 saturated heterocycles. The molecule has 0 aliphatic carbocycles. The molecule has 6 nitrogen and oxygen atoms in total. The maximum absolute atomic E-state index is 5.36. The van der Waals surface area contributed by atoms with E-state index in [1.165, 1.54) is 5.69 Å². The number of aromatic nitrogens is 4. The average molecular weight is 293 g/mol. The van der Waals surface area contributed by atoms with Crippen LogP contribution in [0.25, 0.3) is 0 Å². The molecule has 20 heavy (non-hydrogen) atoms. The van der Waals surface area contributed by atoms with Crippen LogP contribution in [0.2, 0.25) is 0 Å². The molecule has 1 aliphatic rings. The van der Waals surface area contributed by atoms with Crippen LogP contribution in [0.4, 0.5) is 0 Å². The molecule has 0 N–H and O–H groups in total. The Kier molecular flexibility index (Phi) is 3.82. The molecular weight excluding hydrogens is 274 g/mol. The molecule has 1 unspecified atom stereocenters. The maximum atomic E-state index is 5.36. The summed E-state index contributed by atoms with van der Waals surface area (Å²) in [6.07, 6.45) is 0. The second kappa shape index (κ2) is 5.59. The first-order valence-corrected chi connectivity index (χ1v) is 7.56. The minimum atomic E-state index is 0.323. The summed E-state index contributed by atoms with van der Waals surface area (Å²) < 4.78 is 7.23. The molecule has 2 aromatic heterocycles. The summed E-state index contributed by atoms with van der Waals surface area (Å²) in [7, 11) is 3.69. The Morgan fingerprint density at radius 3 is 3.05 bits per heavy atom. The van der Waals surface area contributed by atoms with Crippen molar-refractivity contribution in [3.63, 3.8) is 0 Å². The highest BCUT2D eigenvalue weighted by Crippen LogP contribution is 2.27. The first-order valence-electron chi connectivity index (χ1n) is 6.68. The van der Waals surface area contributed by atoms with E-state index in [-0.39, 0.29) is 0 Å². The largest absolute Gasteiger partial charge is 0.384 e. The first kappa shape index (κ1) is 13.7. The summed E-state index contributed by atoms with van der Waals surface area (Å²) in [6.45, 7) is 5.39. The van der Waals surface area contributed by atoms with E-state index in [1.807, 2.05) is 18.7 Å². The van der Waals surface area contributed by atoms with E-state index >= 15 is 0 Å². The number of rotatable bonds is 4. The normalized spacial score (nSPS) is 19.2. The molecule has 0 fully saturated rings. The second-order valence-electron chi connectivity index (χ2n) is 5.22. The molecule has 108 valence electrons. The van der Waals surface area contributed by atoms with Crippen molar-refractivity contribution in [1.82, 2.24) is 24.9 Å². The first-order chi connectivity index (χ1) is 9.67. The minimum absolute atomic E-state index is 0.323. The Morgan fingerprint density at radius 1 is 1.50 bits per heavy atom. The van der Waals surface area contributed by atoms with E-state index in [0.29, 0.717) is 12.5 Å². The lowest BCUT2D eigenvalue weighted by Crippen LogP contribution is -2.35. The van der Waals surface area contributed by atoms with E-state index in [4.69, 9.17) is 4.74 Å². The van der Waals surface area contributed by atoms with Gasteiger partial charge in [0.05, 0.1) is 23.0 Å². The molecule has 0 radical (unpaired) electrons. The van der Waals surface area contributed by atoms with Gasteiger partial charge in [0.15, 0.2) is 0 Å². The summed E-state index contributed by atoms with van der Waals surface area (Å²) in [6, 6.07) is 0. The van der Waals surface area contributed by atoms with Gasteiger partial charge in [-0.2, -0.15) is 0 Å². The fourth-order valence-corrected chi connectivity index (χ4v) is 3.46. The number of nitrogens with zero attached hydrogens (tertiary/aromatic N) is 5. The van der Waals surface area contributed by atoms with Gasteiger partial charge in [-0.05, 0) is 6.92 Å². The van der Waals surface area contributed by atoms with Crippen molar-refractivity contribution in [2.24, 2.45) is 7.05 Å². The SMILES string of the molecule is COCC1CN(Cc2csc(C)n2)Cc2nnn(C)c21. The highest BCUT2D eigenvalue weighted by molar-refractivity contribution is 7.09. The standard InChI is InChI=1S/C13H19N5OS/c1-9-14-11(8-20-9)5-18-4-10(7-19-3)13-12(6-18)15-16-17(13)2/h8,10H,4-7H2,1-3H3. The molecule has 1 aliphatic heterocycles. The van der Waals surface area contributed by atoms with Crippen LogP contribution in [0.1, 0.15) is 28.0 Å². The maximum Gasteiger partial charge on any atom is 0.100 e. The quantitative estimate of drug-likeness (QED) is 0.851. The zero-order chi connectivity index (χ0) is 14.1. The Labute approximate surface area is 122 Å². The molecule has 7 heteroatoms. The number of aryl methyl sites for hydroxylation is 2. The molecule has 1 atom stereocenters. The third-order valence-corrected chi connectivity index (χ3v) is 4.42. The van der Waals surface area contributed by atoms with Crippen LogP contribution in [0.15, 0.2) is 5.38 Å². The number of hydrogen-bond acceptors (Lipinski definition) is 6. The smallest absolute Gasteiger partial charge is 0.100 e. The van der Waals surface area contributed by atoms with E-state index in [0.717, 1.165) is 36.0 Å². The molecule has 2 aromatic rings. The second-order valence-corrected chi connectivity index (χ2v) is 6.29. The van der Waals surface area contributed by atoms with E-state index in [9.17, 15) is 0 Å². The van der Waals surface area contributed by atoms with Gasteiger partial charge < -0.3 is 4.74 Å². The zero-order valence-electron chi connectivity index (χ0n) is 12.0. The van der Waals surface area contributed by atoms with E-state index < -0.39 is 0 Å². The van der Waals surface area contributed by atoms with E-state index in [2.05, 4.69) is 25.6 Å². The van der Waals surface area contributed by atoms with Gasteiger partial charge in [0.25, 0.3) is 0 Å². The molecule has 0 amide bonds. The highest BCUT2D eigenvalue weighted by atomic mass is 32.1. The molecular formula is C13H19N5OS. The van der Waals surface area contributed by atoms with Crippen LogP contribution in [0, 0.1) is 6.92 Å². The summed E-state index contributed by atoms with van der Waals surface area (Å²) in [5.41, 5.74) is 3.40. The topological polar surface area (TPSA) is 56.1 Å². The van der Waals surface area contributed by atoms with Crippen molar-refractivity contribution in [2.75, 3.05) is 20.3 Å². The fraction of sp³-hybridized carbons (Fsp3) is 0.615. The van der Waals surface area contributed by atoms with Gasteiger partial charge in [0.1, 0.15) is 5.69 Å². The molecule has 0 bridgehead atoms. The zero-order valence-corrected chi connectivity index (χ0v) is 12.9. The number of thiazole rings is 1. The number of fused-ring (bicyclic) bond motifs is 1. The van der Waals surface area contributed by atoms with Crippen LogP contribution in [0.3, 0.4) is 0 Å². The number of hydrogen-bond donors (Lipinski definition) is 0. The van der Waals surface area contributed by atoms with Crippen LogP contribution in [-0.4, -0.2) is 45.1 Å². The van der Waals surface area contributed by atoms with Gasteiger partial charge in [-0.25, -0.2) is 4.98 Å². The Hall–Kier alpha value is -1.31. The lowest BCUT2D eigenvalue weighted by atomic mass is 9.99. The van der Waals surface area contributed by atoms with Crippen molar-refractivity contribution < 1.29 is 4.74 Å². The molecule has 0 aromatic carbocycles. The van der Waals surface area contributed by atoms with Crippen LogP contribution in [-0.2, 0) is 24.9 Å². The fourth-order valence-electron chi connectivity index (χ4n) is 2.86. The minimum Gasteiger partial charge on any atom is -0.384 e. The Bertz CT molecular complexity index is 593. The van der Waals surface area contributed by atoms with Gasteiger partial charge in [-0.15, -0.1) is 16.4 Å². The van der Waals surface area contributed by atoms with Gasteiger partial charge >= 0.3 is 0 Å². The van der Waals surface area contributed by atoms with Crippen molar-refractivity contribution in [2.45, 2.75) is 25.9 Å². The Balaban J connectivity index is 1.79. The third kappa shape index (κ3) is 2.61. The molecule has 3 heterocycles.